The molecule has 2 unspecified atom stereocenters. The Morgan fingerprint density at radius 1 is 1.17 bits per heavy atom. The number of hydrogen-bond acceptors (Lipinski definition) is 2. The molecular weight excluding hydrogens is 294 g/mol. The van der Waals surface area contributed by atoms with Gasteiger partial charge in [0.05, 0.1) is 5.92 Å². The molecule has 2 aliphatic rings. The molecule has 1 heterocycles. The summed E-state index contributed by atoms with van der Waals surface area (Å²) in [6.07, 6.45) is 2.76. The summed E-state index contributed by atoms with van der Waals surface area (Å²) < 4.78 is 0.949. The third-order valence-electron chi connectivity index (χ3n) is 3.86. The molecule has 1 saturated carbocycles. The first-order chi connectivity index (χ1) is 8.66. The van der Waals surface area contributed by atoms with E-state index in [1.807, 2.05) is 24.3 Å². The van der Waals surface area contributed by atoms with Crippen LogP contribution in [0, 0.1) is 11.8 Å². The summed E-state index contributed by atoms with van der Waals surface area (Å²) in [5, 5.41) is 2.47. The predicted octanol–water partition coefficient (Wildman–Crippen LogP) is 2.61. The van der Waals surface area contributed by atoms with Gasteiger partial charge < -0.3 is 0 Å². The molecule has 0 radical (unpaired) electrons. The highest BCUT2D eigenvalue weighted by molar-refractivity contribution is 9.10. The predicted molar refractivity (Wildman–Crippen MR) is 70.9 cm³/mol. The number of amides is 2. The molecule has 2 atom stereocenters. The van der Waals surface area contributed by atoms with Crippen molar-refractivity contribution in [1.82, 2.24) is 5.32 Å². The molecule has 3 nitrogen and oxygen atoms in total. The molecule has 1 aliphatic heterocycles. The second kappa shape index (κ2) is 4.50. The third-order valence-corrected chi connectivity index (χ3v) is 4.58. The zero-order valence-electron chi connectivity index (χ0n) is 9.86. The van der Waals surface area contributed by atoms with Gasteiger partial charge in [0.15, 0.2) is 0 Å². The van der Waals surface area contributed by atoms with Crippen LogP contribution >= 0.6 is 15.9 Å². The van der Waals surface area contributed by atoms with E-state index in [4.69, 9.17) is 0 Å². The van der Waals surface area contributed by atoms with Gasteiger partial charge in [-0.2, -0.15) is 0 Å². The fourth-order valence-corrected chi connectivity index (χ4v) is 3.39. The van der Waals surface area contributed by atoms with Crippen molar-refractivity contribution in [3.63, 3.8) is 0 Å². The summed E-state index contributed by atoms with van der Waals surface area (Å²) >= 11 is 3.51. The van der Waals surface area contributed by atoms with Crippen molar-refractivity contribution in [3.8, 4) is 0 Å². The van der Waals surface area contributed by atoms with E-state index >= 15 is 0 Å². The van der Waals surface area contributed by atoms with E-state index < -0.39 is 0 Å². The van der Waals surface area contributed by atoms with Crippen LogP contribution in [-0.4, -0.2) is 11.8 Å². The van der Waals surface area contributed by atoms with Gasteiger partial charge in [-0.1, -0.05) is 34.1 Å². The molecule has 18 heavy (non-hydrogen) atoms. The van der Waals surface area contributed by atoms with Crippen molar-refractivity contribution in [2.24, 2.45) is 11.8 Å². The number of rotatable bonds is 2. The molecule has 1 aromatic rings. The lowest BCUT2D eigenvalue weighted by molar-refractivity contribution is -0.136. The first kappa shape index (κ1) is 11.9. The van der Waals surface area contributed by atoms with Gasteiger partial charge >= 0.3 is 0 Å². The molecule has 2 amide bonds. The van der Waals surface area contributed by atoms with E-state index in [1.54, 1.807) is 0 Å². The van der Waals surface area contributed by atoms with Gasteiger partial charge in [-0.25, -0.2) is 0 Å². The van der Waals surface area contributed by atoms with E-state index in [9.17, 15) is 9.59 Å². The smallest absolute Gasteiger partial charge is 0.234 e. The molecule has 0 bridgehead atoms. The molecule has 1 aromatic carbocycles. The van der Waals surface area contributed by atoms with Crippen LogP contribution in [0.15, 0.2) is 28.7 Å². The van der Waals surface area contributed by atoms with E-state index in [0.29, 0.717) is 12.3 Å². The molecule has 94 valence electrons. The lowest BCUT2D eigenvalue weighted by Crippen LogP contribution is -2.45. The van der Waals surface area contributed by atoms with Crippen LogP contribution < -0.4 is 5.32 Å². The number of halogens is 1. The zero-order valence-corrected chi connectivity index (χ0v) is 11.4. The normalized spacial score (nSPS) is 28.1. The highest BCUT2D eigenvalue weighted by Gasteiger charge is 2.45. The second-order valence-electron chi connectivity index (χ2n) is 5.12. The summed E-state index contributed by atoms with van der Waals surface area (Å²) in [4.78, 5) is 23.7. The van der Waals surface area contributed by atoms with Gasteiger partial charge in [-0.15, -0.1) is 0 Å². The van der Waals surface area contributed by atoms with Crippen molar-refractivity contribution >= 4 is 27.7 Å². The van der Waals surface area contributed by atoms with Crippen molar-refractivity contribution in [2.45, 2.75) is 25.2 Å². The van der Waals surface area contributed by atoms with Gasteiger partial charge in [-0.05, 0) is 36.3 Å². The first-order valence-electron chi connectivity index (χ1n) is 6.25. The minimum atomic E-state index is -0.189. The SMILES string of the molecule is O=C1CC(C2CC2)C(c2ccccc2Br)C(=O)N1. The molecule has 0 aromatic heterocycles. The summed E-state index contributed by atoms with van der Waals surface area (Å²) in [6.45, 7) is 0. The molecule has 1 aliphatic carbocycles. The Morgan fingerprint density at radius 2 is 1.89 bits per heavy atom. The number of hydrogen-bond donors (Lipinski definition) is 1. The minimum absolute atomic E-state index is 0.125. The number of imide groups is 1. The van der Waals surface area contributed by atoms with E-state index in [2.05, 4.69) is 21.2 Å². The number of nitrogens with one attached hydrogen (secondary N) is 1. The third kappa shape index (κ3) is 2.09. The lowest BCUT2D eigenvalue weighted by atomic mass is 9.78. The quantitative estimate of drug-likeness (QED) is 0.854. The lowest BCUT2D eigenvalue weighted by Gasteiger charge is -2.31. The van der Waals surface area contributed by atoms with Crippen molar-refractivity contribution in [3.05, 3.63) is 34.3 Å². The van der Waals surface area contributed by atoms with Crippen LogP contribution in [0.3, 0.4) is 0 Å². The maximum absolute atomic E-state index is 12.1. The van der Waals surface area contributed by atoms with Gasteiger partial charge in [0.2, 0.25) is 11.8 Å². The Balaban J connectivity index is 1.98. The van der Waals surface area contributed by atoms with E-state index in [0.717, 1.165) is 22.9 Å². The van der Waals surface area contributed by atoms with E-state index in [1.165, 1.54) is 0 Å². The Morgan fingerprint density at radius 3 is 2.56 bits per heavy atom. The fraction of sp³-hybridized carbons (Fsp3) is 0.429. The van der Waals surface area contributed by atoms with E-state index in [-0.39, 0.29) is 23.7 Å². The summed E-state index contributed by atoms with van der Waals surface area (Å²) in [7, 11) is 0. The standard InChI is InChI=1S/C14H14BrNO2/c15-11-4-2-1-3-9(11)13-10(8-5-6-8)7-12(17)16-14(13)18/h1-4,8,10,13H,5-7H2,(H,16,17,18). The Kier molecular flexibility index (Phi) is 2.98. The molecule has 3 rings (SSSR count). The summed E-state index contributed by atoms with van der Waals surface area (Å²) in [5.74, 6) is 0.253. The van der Waals surface area contributed by atoms with Gasteiger partial charge in [0, 0.05) is 10.9 Å². The molecule has 2 fully saturated rings. The molecule has 1 N–H and O–H groups in total. The first-order valence-corrected chi connectivity index (χ1v) is 7.04. The molecule has 0 spiro atoms. The fourth-order valence-electron chi connectivity index (χ4n) is 2.85. The van der Waals surface area contributed by atoms with Gasteiger partial charge in [0.25, 0.3) is 0 Å². The monoisotopic (exact) mass is 307 g/mol. The number of benzene rings is 1. The van der Waals surface area contributed by atoms with Crippen LogP contribution in [0.4, 0.5) is 0 Å². The average molecular weight is 308 g/mol. The van der Waals surface area contributed by atoms with Crippen molar-refractivity contribution in [1.29, 1.82) is 0 Å². The van der Waals surface area contributed by atoms with Gasteiger partial charge in [-0.3, -0.25) is 14.9 Å². The molecule has 1 saturated heterocycles. The Labute approximate surface area is 114 Å². The van der Waals surface area contributed by atoms with Crippen molar-refractivity contribution < 1.29 is 9.59 Å². The second-order valence-corrected chi connectivity index (χ2v) is 5.97. The maximum Gasteiger partial charge on any atom is 0.234 e. The van der Waals surface area contributed by atoms with Crippen molar-refractivity contribution in [2.75, 3.05) is 0 Å². The molecular formula is C14H14BrNO2. The zero-order chi connectivity index (χ0) is 12.7. The minimum Gasteiger partial charge on any atom is -0.296 e. The van der Waals surface area contributed by atoms with Crippen LogP contribution in [0.1, 0.15) is 30.7 Å². The summed E-state index contributed by atoms with van der Waals surface area (Å²) in [6, 6.07) is 7.79. The largest absolute Gasteiger partial charge is 0.296 e. The Hall–Kier alpha value is -1.16. The van der Waals surface area contributed by atoms with Crippen LogP contribution in [0.2, 0.25) is 0 Å². The number of piperidine rings is 1. The Bertz CT molecular complexity index is 510. The maximum atomic E-state index is 12.1. The highest BCUT2D eigenvalue weighted by atomic mass is 79.9. The molecule has 4 heteroatoms. The topological polar surface area (TPSA) is 46.2 Å². The average Bonchev–Trinajstić information content (AvgIpc) is 3.13. The van der Waals surface area contributed by atoms with Crippen LogP contribution in [0.25, 0.3) is 0 Å². The summed E-state index contributed by atoms with van der Waals surface area (Å²) in [5.41, 5.74) is 0.999. The number of carbonyl (C=O) groups excluding carboxylic acids is 2. The highest BCUT2D eigenvalue weighted by Crippen LogP contribution is 2.48. The van der Waals surface area contributed by atoms with Crippen LogP contribution in [0.5, 0.6) is 0 Å². The van der Waals surface area contributed by atoms with Crippen LogP contribution in [-0.2, 0) is 9.59 Å². The number of carbonyl (C=O) groups is 2. The van der Waals surface area contributed by atoms with Gasteiger partial charge in [0.1, 0.15) is 0 Å².